The van der Waals surface area contributed by atoms with Crippen LogP contribution in [-0.2, 0) is 0 Å². The summed E-state index contributed by atoms with van der Waals surface area (Å²) < 4.78 is 30.5. The molecule has 1 unspecified atom stereocenters. The summed E-state index contributed by atoms with van der Waals surface area (Å²) in [4.78, 5) is 2.22. The van der Waals surface area contributed by atoms with Gasteiger partial charge in [0.25, 0.3) is 0 Å². The normalized spacial score (nSPS) is 18.2. The Kier molecular flexibility index (Phi) is 5.53. The number of hydrogen-bond acceptors (Lipinski definition) is 4. The molecular formula is C18H24F2N4O. The number of nitrogens with one attached hydrogen (secondary N) is 2. The molecule has 0 saturated carbocycles. The predicted octanol–water partition coefficient (Wildman–Crippen LogP) is 3.50. The average Bonchev–Trinajstić information content (AvgIpc) is 3.08. The zero-order chi connectivity index (χ0) is 17.8. The van der Waals surface area contributed by atoms with Crippen LogP contribution in [0.3, 0.4) is 0 Å². The first-order valence-corrected chi connectivity index (χ1v) is 8.59. The number of nitrogens with zero attached hydrogens (tertiary/aromatic N) is 2. The number of hydrogen-bond donors (Lipinski definition) is 2. The lowest BCUT2D eigenvalue weighted by Crippen LogP contribution is -2.51. The highest BCUT2D eigenvalue weighted by Crippen LogP contribution is 2.34. The lowest BCUT2D eigenvalue weighted by Gasteiger charge is -2.36. The highest BCUT2D eigenvalue weighted by molar-refractivity contribution is 5.73. The van der Waals surface area contributed by atoms with Crippen LogP contribution in [0.15, 0.2) is 30.6 Å². The van der Waals surface area contributed by atoms with Crippen LogP contribution in [0.25, 0.3) is 11.1 Å². The van der Waals surface area contributed by atoms with E-state index in [1.807, 2.05) is 12.1 Å². The van der Waals surface area contributed by atoms with Crippen LogP contribution in [-0.4, -0.2) is 42.5 Å². The third-order valence-electron chi connectivity index (χ3n) is 4.37. The first-order chi connectivity index (χ1) is 12.0. The standard InChI is InChI=1S/C18H24F2N4O/c1-12(2)7-14-11-24(6-5-21-14)15-3-4-16(13-9-22-23-10-13)17(8-15)25-18(19)20/h3-4,8-10,12,14,18,21H,5-7,11H2,1-2H3,(H,22,23). The Hall–Kier alpha value is -2.15. The Labute approximate surface area is 146 Å². The van der Waals surface area contributed by atoms with Crippen molar-refractivity contribution in [3.8, 4) is 16.9 Å². The monoisotopic (exact) mass is 350 g/mol. The van der Waals surface area contributed by atoms with E-state index in [1.165, 1.54) is 0 Å². The molecule has 5 nitrogen and oxygen atoms in total. The van der Waals surface area contributed by atoms with Crippen LogP contribution in [0.2, 0.25) is 0 Å². The third kappa shape index (κ3) is 4.48. The molecule has 1 saturated heterocycles. The van der Waals surface area contributed by atoms with Crippen molar-refractivity contribution < 1.29 is 13.5 Å². The van der Waals surface area contributed by atoms with Crippen molar-refractivity contribution in [3.05, 3.63) is 30.6 Å². The minimum atomic E-state index is -2.86. The lowest BCUT2D eigenvalue weighted by molar-refractivity contribution is -0.0494. The number of aromatic amines is 1. The second-order valence-electron chi connectivity index (χ2n) is 6.77. The summed E-state index contributed by atoms with van der Waals surface area (Å²) in [5, 5.41) is 10.1. The molecule has 0 spiro atoms. The molecule has 1 aromatic carbocycles. The molecule has 1 aromatic heterocycles. The minimum absolute atomic E-state index is 0.174. The largest absolute Gasteiger partial charge is 0.434 e. The SMILES string of the molecule is CC(C)CC1CN(c2ccc(-c3cn[nH]c3)c(OC(F)F)c2)CCN1. The first kappa shape index (κ1) is 17.7. The van der Waals surface area contributed by atoms with Crippen molar-refractivity contribution in [1.29, 1.82) is 0 Å². The Balaban J connectivity index is 1.84. The average molecular weight is 350 g/mol. The number of H-pyrrole nitrogens is 1. The van der Waals surface area contributed by atoms with Crippen LogP contribution in [0, 0.1) is 5.92 Å². The molecule has 3 rings (SSSR count). The molecule has 0 bridgehead atoms. The van der Waals surface area contributed by atoms with E-state index in [4.69, 9.17) is 4.74 Å². The zero-order valence-corrected chi connectivity index (χ0v) is 14.5. The van der Waals surface area contributed by atoms with E-state index >= 15 is 0 Å². The number of ether oxygens (including phenoxy) is 1. The van der Waals surface area contributed by atoms with Crippen LogP contribution in [0.1, 0.15) is 20.3 Å². The van der Waals surface area contributed by atoms with E-state index in [-0.39, 0.29) is 5.75 Å². The second kappa shape index (κ2) is 7.82. The Morgan fingerprint density at radius 2 is 2.20 bits per heavy atom. The van der Waals surface area contributed by atoms with E-state index in [0.717, 1.165) is 37.3 Å². The van der Waals surface area contributed by atoms with Gasteiger partial charge >= 0.3 is 6.61 Å². The number of halogens is 2. The molecule has 2 N–H and O–H groups in total. The fourth-order valence-electron chi connectivity index (χ4n) is 3.32. The highest BCUT2D eigenvalue weighted by atomic mass is 19.3. The van der Waals surface area contributed by atoms with Gasteiger partial charge in [0.2, 0.25) is 0 Å². The van der Waals surface area contributed by atoms with Crippen molar-refractivity contribution in [2.75, 3.05) is 24.5 Å². The van der Waals surface area contributed by atoms with Crippen molar-refractivity contribution in [2.24, 2.45) is 5.92 Å². The van der Waals surface area contributed by atoms with Gasteiger partial charge in [0.1, 0.15) is 5.75 Å². The molecule has 25 heavy (non-hydrogen) atoms. The summed E-state index contributed by atoms with van der Waals surface area (Å²) in [6, 6.07) is 5.88. The quantitative estimate of drug-likeness (QED) is 0.837. The maximum atomic E-state index is 12.9. The summed E-state index contributed by atoms with van der Waals surface area (Å²) in [6.07, 6.45) is 4.34. The molecule has 0 aliphatic carbocycles. The zero-order valence-electron chi connectivity index (χ0n) is 14.5. The van der Waals surface area contributed by atoms with Crippen LogP contribution in [0.4, 0.5) is 14.5 Å². The molecule has 1 aliphatic heterocycles. The van der Waals surface area contributed by atoms with Gasteiger partial charge in [-0.05, 0) is 24.5 Å². The molecule has 0 amide bonds. The van der Waals surface area contributed by atoms with Crippen molar-refractivity contribution in [1.82, 2.24) is 15.5 Å². The number of benzene rings is 1. The molecule has 1 atom stereocenters. The molecular weight excluding hydrogens is 326 g/mol. The summed E-state index contributed by atoms with van der Waals surface area (Å²) in [7, 11) is 0. The molecule has 1 fully saturated rings. The molecule has 7 heteroatoms. The van der Waals surface area contributed by atoms with E-state index in [1.54, 1.807) is 18.5 Å². The number of anilines is 1. The van der Waals surface area contributed by atoms with Gasteiger partial charge in [-0.2, -0.15) is 13.9 Å². The van der Waals surface area contributed by atoms with E-state index in [2.05, 4.69) is 34.3 Å². The van der Waals surface area contributed by atoms with Crippen LogP contribution in [0.5, 0.6) is 5.75 Å². The summed E-state index contributed by atoms with van der Waals surface area (Å²) >= 11 is 0. The number of rotatable bonds is 6. The first-order valence-electron chi connectivity index (χ1n) is 8.59. The van der Waals surface area contributed by atoms with Crippen molar-refractivity contribution in [3.63, 3.8) is 0 Å². The fourth-order valence-corrected chi connectivity index (χ4v) is 3.32. The molecule has 0 radical (unpaired) electrons. The molecule has 1 aliphatic rings. The van der Waals surface area contributed by atoms with Gasteiger partial charge in [-0.25, -0.2) is 0 Å². The third-order valence-corrected chi connectivity index (χ3v) is 4.37. The predicted molar refractivity (Wildman–Crippen MR) is 94.1 cm³/mol. The van der Waals surface area contributed by atoms with Gasteiger partial charge in [-0.15, -0.1) is 0 Å². The second-order valence-corrected chi connectivity index (χ2v) is 6.77. The van der Waals surface area contributed by atoms with Gasteiger partial charge in [-0.3, -0.25) is 5.10 Å². The highest BCUT2D eigenvalue weighted by Gasteiger charge is 2.22. The van der Waals surface area contributed by atoms with Gasteiger partial charge in [0, 0.05) is 54.8 Å². The summed E-state index contributed by atoms with van der Waals surface area (Å²) in [5.74, 6) is 0.784. The Morgan fingerprint density at radius 1 is 1.36 bits per heavy atom. The number of piperazine rings is 1. The van der Waals surface area contributed by atoms with E-state index in [9.17, 15) is 8.78 Å². The van der Waals surface area contributed by atoms with Gasteiger partial charge in [-0.1, -0.05) is 13.8 Å². The Bertz CT molecular complexity index is 676. The van der Waals surface area contributed by atoms with Crippen molar-refractivity contribution >= 4 is 5.69 Å². The molecule has 2 aromatic rings. The lowest BCUT2D eigenvalue weighted by atomic mass is 10.0. The number of aromatic nitrogens is 2. The van der Waals surface area contributed by atoms with Gasteiger partial charge < -0.3 is 15.0 Å². The topological polar surface area (TPSA) is 53.2 Å². The van der Waals surface area contributed by atoms with E-state index < -0.39 is 6.61 Å². The summed E-state index contributed by atoms with van der Waals surface area (Å²) in [5.41, 5.74) is 2.23. The van der Waals surface area contributed by atoms with Gasteiger partial charge in [0.15, 0.2) is 0 Å². The number of alkyl halides is 2. The fraction of sp³-hybridized carbons (Fsp3) is 0.500. The molecule has 2 heterocycles. The van der Waals surface area contributed by atoms with Crippen LogP contribution >= 0.6 is 0 Å². The maximum Gasteiger partial charge on any atom is 0.387 e. The van der Waals surface area contributed by atoms with Gasteiger partial charge in [0.05, 0.1) is 6.20 Å². The van der Waals surface area contributed by atoms with Crippen molar-refractivity contribution in [2.45, 2.75) is 32.9 Å². The smallest absolute Gasteiger partial charge is 0.387 e. The molecule has 136 valence electrons. The van der Waals surface area contributed by atoms with Crippen LogP contribution < -0.4 is 15.0 Å². The Morgan fingerprint density at radius 3 is 2.88 bits per heavy atom. The summed E-state index contributed by atoms with van der Waals surface area (Å²) in [6.45, 7) is 4.12. The minimum Gasteiger partial charge on any atom is -0.434 e. The van der Waals surface area contributed by atoms with E-state index in [0.29, 0.717) is 17.5 Å². The maximum absolute atomic E-state index is 12.9.